The molecule has 0 amide bonds. The highest BCUT2D eigenvalue weighted by Gasteiger charge is 2.06. The Morgan fingerprint density at radius 2 is 1.68 bits per heavy atom. The van der Waals surface area contributed by atoms with Crippen LogP contribution in [0.4, 0.5) is 0 Å². The summed E-state index contributed by atoms with van der Waals surface area (Å²) >= 11 is 1.66. The van der Waals surface area contributed by atoms with Crippen molar-refractivity contribution in [1.82, 2.24) is 15.4 Å². The Morgan fingerprint density at radius 3 is 2.36 bits per heavy atom. The number of nitrogens with one attached hydrogen (secondary N) is 1. The number of thioether (sulfide) groups is 1. The Kier molecular flexibility index (Phi) is 9.67. The highest BCUT2D eigenvalue weighted by atomic mass is 32.2. The highest BCUT2D eigenvalue weighted by Crippen LogP contribution is 2.16. The second-order valence-electron chi connectivity index (χ2n) is 6.75. The van der Waals surface area contributed by atoms with Crippen LogP contribution in [-0.2, 0) is 12.8 Å². The highest BCUT2D eigenvalue weighted by molar-refractivity contribution is 7.99. The van der Waals surface area contributed by atoms with E-state index in [1.807, 2.05) is 0 Å². The van der Waals surface area contributed by atoms with Gasteiger partial charge in [0.25, 0.3) is 0 Å². The third-order valence-electron chi connectivity index (χ3n) is 4.48. The lowest BCUT2D eigenvalue weighted by molar-refractivity contribution is 0.607. The van der Waals surface area contributed by atoms with Gasteiger partial charge in [-0.2, -0.15) is 10.3 Å². The van der Waals surface area contributed by atoms with Gasteiger partial charge >= 0.3 is 0 Å². The quantitative estimate of drug-likeness (QED) is 0.399. The first-order valence-electron chi connectivity index (χ1n) is 9.60. The van der Waals surface area contributed by atoms with Gasteiger partial charge in [0.05, 0.1) is 6.20 Å². The molecular formula is C20H32N4S. The lowest BCUT2D eigenvalue weighted by Crippen LogP contribution is -2.23. The van der Waals surface area contributed by atoms with E-state index >= 15 is 0 Å². The average molecular weight is 361 g/mol. The number of H-pyrrole nitrogens is 1. The van der Waals surface area contributed by atoms with Crippen molar-refractivity contribution in [3.63, 3.8) is 0 Å². The van der Waals surface area contributed by atoms with Gasteiger partial charge in [-0.05, 0) is 36.8 Å². The zero-order chi connectivity index (χ0) is 17.7. The molecule has 0 saturated carbocycles. The number of hydrogen-bond donors (Lipinski definition) is 2. The Balaban J connectivity index is 1.59. The van der Waals surface area contributed by atoms with Gasteiger partial charge in [-0.25, -0.2) is 0 Å². The van der Waals surface area contributed by atoms with E-state index in [9.17, 15) is 0 Å². The first-order chi connectivity index (χ1) is 12.3. The molecule has 1 aromatic heterocycles. The predicted octanol–water partition coefficient (Wildman–Crippen LogP) is 4.76. The van der Waals surface area contributed by atoms with Gasteiger partial charge in [-0.1, -0.05) is 63.3 Å². The molecule has 5 heteroatoms. The third kappa shape index (κ3) is 8.54. The largest absolute Gasteiger partial charge is 0.327 e. The van der Waals surface area contributed by atoms with E-state index < -0.39 is 0 Å². The van der Waals surface area contributed by atoms with Crippen molar-refractivity contribution in [2.24, 2.45) is 5.73 Å². The van der Waals surface area contributed by atoms with Crippen LogP contribution in [0.1, 0.15) is 63.0 Å². The summed E-state index contributed by atoms with van der Waals surface area (Å²) in [6, 6.07) is 9.30. The standard InChI is InChI=1S/C20H32N4S/c1-2-3-4-5-6-7-8-17-9-11-18(12-10-17)13-14-19(21)16-25-20-15-22-24-23-20/h9-12,15,19H,2-8,13-14,16,21H2,1H3,(H,22,23,24). The Morgan fingerprint density at radius 1 is 1.00 bits per heavy atom. The van der Waals surface area contributed by atoms with Gasteiger partial charge in [-0.3, -0.25) is 0 Å². The van der Waals surface area contributed by atoms with Crippen molar-refractivity contribution < 1.29 is 0 Å². The fourth-order valence-corrected chi connectivity index (χ4v) is 3.65. The van der Waals surface area contributed by atoms with Crippen LogP contribution in [-0.4, -0.2) is 27.2 Å². The Bertz CT molecular complexity index is 554. The van der Waals surface area contributed by atoms with Crippen molar-refractivity contribution >= 4 is 11.8 Å². The van der Waals surface area contributed by atoms with Gasteiger partial charge < -0.3 is 5.73 Å². The van der Waals surface area contributed by atoms with E-state index in [0.29, 0.717) is 0 Å². The first kappa shape index (κ1) is 20.0. The maximum absolute atomic E-state index is 6.20. The van der Waals surface area contributed by atoms with Crippen LogP contribution in [0.5, 0.6) is 0 Å². The summed E-state index contributed by atoms with van der Waals surface area (Å²) in [6.07, 6.45) is 13.1. The molecule has 0 fully saturated rings. The summed E-state index contributed by atoms with van der Waals surface area (Å²) < 4.78 is 0. The summed E-state index contributed by atoms with van der Waals surface area (Å²) in [4.78, 5) is 0. The normalized spacial score (nSPS) is 12.4. The molecule has 3 N–H and O–H groups in total. The smallest absolute Gasteiger partial charge is 0.138 e. The van der Waals surface area contributed by atoms with Crippen molar-refractivity contribution in [2.45, 2.75) is 75.8 Å². The zero-order valence-electron chi connectivity index (χ0n) is 15.4. The number of nitrogens with zero attached hydrogens (tertiary/aromatic N) is 2. The summed E-state index contributed by atoms with van der Waals surface area (Å²) in [5.41, 5.74) is 9.05. The minimum atomic E-state index is 0.185. The topological polar surface area (TPSA) is 67.6 Å². The average Bonchev–Trinajstić information content (AvgIpc) is 3.16. The monoisotopic (exact) mass is 360 g/mol. The predicted molar refractivity (Wildman–Crippen MR) is 107 cm³/mol. The van der Waals surface area contributed by atoms with Crippen LogP contribution in [0, 0.1) is 0 Å². The van der Waals surface area contributed by atoms with Crippen molar-refractivity contribution in [3.8, 4) is 0 Å². The molecule has 0 radical (unpaired) electrons. The molecule has 4 nitrogen and oxygen atoms in total. The van der Waals surface area contributed by atoms with E-state index in [1.54, 1.807) is 18.0 Å². The van der Waals surface area contributed by atoms with E-state index in [2.05, 4.69) is 46.6 Å². The minimum Gasteiger partial charge on any atom is -0.327 e. The van der Waals surface area contributed by atoms with Crippen molar-refractivity contribution in [2.75, 3.05) is 5.75 Å². The van der Waals surface area contributed by atoms with Crippen molar-refractivity contribution in [1.29, 1.82) is 0 Å². The van der Waals surface area contributed by atoms with E-state index in [-0.39, 0.29) is 6.04 Å². The van der Waals surface area contributed by atoms with E-state index in [0.717, 1.165) is 23.6 Å². The molecule has 2 rings (SSSR count). The second kappa shape index (κ2) is 12.1. The van der Waals surface area contributed by atoms with Crippen molar-refractivity contribution in [3.05, 3.63) is 41.6 Å². The van der Waals surface area contributed by atoms with Gasteiger partial charge in [0, 0.05) is 11.8 Å². The molecule has 0 spiro atoms. The van der Waals surface area contributed by atoms with E-state index in [4.69, 9.17) is 5.73 Å². The van der Waals surface area contributed by atoms with Gasteiger partial charge in [0.15, 0.2) is 0 Å². The van der Waals surface area contributed by atoms with Crippen LogP contribution < -0.4 is 5.73 Å². The maximum atomic E-state index is 6.20. The molecule has 25 heavy (non-hydrogen) atoms. The summed E-state index contributed by atoms with van der Waals surface area (Å²) in [5, 5.41) is 11.4. The molecular weight excluding hydrogens is 328 g/mol. The fraction of sp³-hybridized carbons (Fsp3) is 0.600. The molecule has 2 aromatic rings. The molecule has 1 aromatic carbocycles. The van der Waals surface area contributed by atoms with Crippen LogP contribution in [0.2, 0.25) is 0 Å². The van der Waals surface area contributed by atoms with Crippen LogP contribution >= 0.6 is 11.8 Å². The number of aryl methyl sites for hydroxylation is 2. The minimum absolute atomic E-state index is 0.185. The summed E-state index contributed by atoms with van der Waals surface area (Å²) in [6.45, 7) is 2.27. The first-order valence-corrected chi connectivity index (χ1v) is 10.6. The number of hydrogen-bond acceptors (Lipinski definition) is 4. The number of aromatic amines is 1. The third-order valence-corrected chi connectivity index (χ3v) is 5.57. The molecule has 1 heterocycles. The van der Waals surface area contributed by atoms with Crippen LogP contribution in [0.15, 0.2) is 35.5 Å². The lowest BCUT2D eigenvalue weighted by atomic mass is 10.0. The molecule has 0 aliphatic heterocycles. The Hall–Kier alpha value is -1.33. The summed E-state index contributed by atoms with van der Waals surface area (Å²) in [5.74, 6) is 0.878. The van der Waals surface area contributed by atoms with Gasteiger partial charge in [0.1, 0.15) is 5.03 Å². The zero-order valence-corrected chi connectivity index (χ0v) is 16.2. The van der Waals surface area contributed by atoms with Crippen LogP contribution in [0.3, 0.4) is 0 Å². The molecule has 1 unspecified atom stereocenters. The molecule has 0 saturated heterocycles. The molecule has 0 bridgehead atoms. The van der Waals surface area contributed by atoms with E-state index in [1.165, 1.54) is 56.1 Å². The number of nitrogens with two attached hydrogens (primary N) is 1. The molecule has 138 valence electrons. The number of rotatable bonds is 13. The SMILES string of the molecule is CCCCCCCCc1ccc(CCC(N)CSc2cn[nH]n2)cc1. The second-order valence-corrected chi connectivity index (χ2v) is 7.79. The number of unbranched alkanes of at least 4 members (excludes halogenated alkanes) is 5. The van der Waals surface area contributed by atoms with Gasteiger partial charge in [-0.15, -0.1) is 16.9 Å². The van der Waals surface area contributed by atoms with Gasteiger partial charge in [0.2, 0.25) is 0 Å². The molecule has 0 aliphatic carbocycles. The molecule has 0 aliphatic rings. The lowest BCUT2D eigenvalue weighted by Gasteiger charge is -2.10. The molecule has 1 atom stereocenters. The fourth-order valence-electron chi connectivity index (χ4n) is 2.87. The summed E-state index contributed by atoms with van der Waals surface area (Å²) in [7, 11) is 0. The number of benzene rings is 1. The van der Waals surface area contributed by atoms with Crippen LogP contribution in [0.25, 0.3) is 0 Å². The number of aromatic nitrogens is 3. The maximum Gasteiger partial charge on any atom is 0.138 e. The Labute approximate surface area is 156 Å².